The van der Waals surface area contributed by atoms with Gasteiger partial charge in [-0.25, -0.2) is 4.98 Å². The van der Waals surface area contributed by atoms with E-state index in [9.17, 15) is 5.11 Å². The van der Waals surface area contributed by atoms with Gasteiger partial charge in [0.05, 0.1) is 12.3 Å². The van der Waals surface area contributed by atoms with Gasteiger partial charge in [0, 0.05) is 19.0 Å². The van der Waals surface area contributed by atoms with E-state index in [1.165, 1.54) is 0 Å². The molecule has 2 aromatic rings. The fourth-order valence-corrected chi connectivity index (χ4v) is 2.34. The van der Waals surface area contributed by atoms with Crippen LogP contribution >= 0.6 is 0 Å². The average molecular weight is 273 g/mol. The van der Waals surface area contributed by atoms with E-state index in [1.807, 2.05) is 18.2 Å². The van der Waals surface area contributed by atoms with Crippen LogP contribution in [0.3, 0.4) is 0 Å². The Labute approximate surface area is 120 Å². The van der Waals surface area contributed by atoms with E-state index in [-0.39, 0.29) is 6.61 Å². The predicted octanol–water partition coefficient (Wildman–Crippen LogP) is 2.11. The molecule has 0 atom stereocenters. The molecule has 0 bridgehead atoms. The van der Waals surface area contributed by atoms with E-state index in [2.05, 4.69) is 48.1 Å². The quantitative estimate of drug-likeness (QED) is 0.875. The van der Waals surface area contributed by atoms with Gasteiger partial charge in [-0.3, -0.25) is 0 Å². The minimum atomic E-state index is -0.0244. The first-order valence-corrected chi connectivity index (χ1v) is 6.97. The second-order valence-corrected chi connectivity index (χ2v) is 5.39. The number of nitrogens with zero attached hydrogens (tertiary/aromatic N) is 3. The molecule has 0 aliphatic heterocycles. The zero-order chi connectivity index (χ0) is 14.5. The van der Waals surface area contributed by atoms with Crippen molar-refractivity contribution in [2.24, 2.45) is 0 Å². The third-order valence-electron chi connectivity index (χ3n) is 3.40. The van der Waals surface area contributed by atoms with Crippen molar-refractivity contribution in [2.75, 3.05) is 39.1 Å². The van der Waals surface area contributed by atoms with Crippen LogP contribution in [0.4, 0.5) is 5.82 Å². The molecule has 20 heavy (non-hydrogen) atoms. The van der Waals surface area contributed by atoms with Gasteiger partial charge in [0.25, 0.3) is 0 Å². The molecule has 0 unspecified atom stereocenters. The van der Waals surface area contributed by atoms with E-state index in [0.29, 0.717) is 0 Å². The molecule has 0 spiro atoms. The molecule has 1 aromatic heterocycles. The van der Waals surface area contributed by atoms with E-state index >= 15 is 0 Å². The molecule has 0 aliphatic carbocycles. The fraction of sp³-hybridized carbons (Fsp3) is 0.438. The maximum Gasteiger partial charge on any atom is 0.136 e. The summed E-state index contributed by atoms with van der Waals surface area (Å²) in [6.45, 7) is 1.98. The average Bonchev–Trinajstić information content (AvgIpc) is 2.45. The van der Waals surface area contributed by atoms with Gasteiger partial charge in [-0.15, -0.1) is 0 Å². The molecule has 0 saturated carbocycles. The highest BCUT2D eigenvalue weighted by Crippen LogP contribution is 2.25. The van der Waals surface area contributed by atoms with Crippen LogP contribution in [0.25, 0.3) is 10.8 Å². The second-order valence-electron chi connectivity index (χ2n) is 5.39. The number of rotatable bonds is 6. The normalized spacial score (nSPS) is 11.2. The molecule has 0 aliphatic rings. The van der Waals surface area contributed by atoms with Crippen molar-refractivity contribution in [2.45, 2.75) is 13.0 Å². The summed E-state index contributed by atoms with van der Waals surface area (Å²) in [5.41, 5.74) is 0.721. The van der Waals surface area contributed by atoms with Crippen molar-refractivity contribution in [3.05, 3.63) is 36.0 Å². The van der Waals surface area contributed by atoms with Crippen molar-refractivity contribution < 1.29 is 5.11 Å². The van der Waals surface area contributed by atoms with E-state index < -0.39 is 0 Å². The van der Waals surface area contributed by atoms with Crippen LogP contribution in [-0.2, 0) is 6.61 Å². The lowest BCUT2D eigenvalue weighted by molar-refractivity contribution is 0.277. The molecule has 108 valence electrons. The predicted molar refractivity (Wildman–Crippen MR) is 84.1 cm³/mol. The topological polar surface area (TPSA) is 39.6 Å². The van der Waals surface area contributed by atoms with Crippen LogP contribution < -0.4 is 4.90 Å². The van der Waals surface area contributed by atoms with Gasteiger partial charge in [-0.2, -0.15) is 0 Å². The van der Waals surface area contributed by atoms with Gasteiger partial charge >= 0.3 is 0 Å². The smallest absolute Gasteiger partial charge is 0.136 e. The van der Waals surface area contributed by atoms with Gasteiger partial charge in [0.1, 0.15) is 5.82 Å². The van der Waals surface area contributed by atoms with Crippen molar-refractivity contribution >= 4 is 16.6 Å². The zero-order valence-electron chi connectivity index (χ0n) is 12.5. The van der Waals surface area contributed by atoms with Crippen molar-refractivity contribution in [1.82, 2.24) is 9.88 Å². The molecule has 0 fully saturated rings. The Bertz CT molecular complexity index is 569. The number of aliphatic hydroxyl groups excluding tert-OH is 1. The van der Waals surface area contributed by atoms with Crippen LogP contribution in [0.15, 0.2) is 30.3 Å². The van der Waals surface area contributed by atoms with Gasteiger partial charge < -0.3 is 14.9 Å². The molecular weight excluding hydrogens is 250 g/mol. The van der Waals surface area contributed by atoms with Crippen LogP contribution in [0, 0.1) is 0 Å². The molecular formula is C16H23N3O. The van der Waals surface area contributed by atoms with Crippen LogP contribution in [0.5, 0.6) is 0 Å². The van der Waals surface area contributed by atoms with E-state index in [0.717, 1.165) is 41.8 Å². The number of hydrogen-bond acceptors (Lipinski definition) is 4. The molecule has 1 heterocycles. The van der Waals surface area contributed by atoms with E-state index in [4.69, 9.17) is 0 Å². The van der Waals surface area contributed by atoms with Gasteiger partial charge in [0.15, 0.2) is 0 Å². The first-order chi connectivity index (χ1) is 9.61. The largest absolute Gasteiger partial charge is 0.390 e. The minimum absolute atomic E-state index is 0.0244. The Morgan fingerprint density at radius 2 is 1.85 bits per heavy atom. The van der Waals surface area contributed by atoms with Crippen molar-refractivity contribution in [1.29, 1.82) is 0 Å². The number of hydrogen-bond donors (Lipinski definition) is 1. The van der Waals surface area contributed by atoms with Crippen molar-refractivity contribution in [3.63, 3.8) is 0 Å². The number of anilines is 1. The maximum absolute atomic E-state index is 9.36. The molecule has 0 saturated heterocycles. The van der Waals surface area contributed by atoms with Gasteiger partial charge in [-0.1, -0.05) is 24.3 Å². The summed E-state index contributed by atoms with van der Waals surface area (Å²) in [5, 5.41) is 11.6. The number of benzene rings is 1. The van der Waals surface area contributed by atoms with Crippen LogP contribution in [0.2, 0.25) is 0 Å². The molecule has 4 heteroatoms. The molecule has 1 N–H and O–H groups in total. The highest BCUT2D eigenvalue weighted by Gasteiger charge is 2.09. The Morgan fingerprint density at radius 1 is 1.10 bits per heavy atom. The Balaban J connectivity index is 2.27. The molecule has 1 aromatic carbocycles. The van der Waals surface area contributed by atoms with Crippen LogP contribution in [-0.4, -0.2) is 49.2 Å². The van der Waals surface area contributed by atoms with Crippen molar-refractivity contribution in [3.8, 4) is 0 Å². The first-order valence-electron chi connectivity index (χ1n) is 6.97. The number of pyridine rings is 1. The second kappa shape index (κ2) is 6.68. The summed E-state index contributed by atoms with van der Waals surface area (Å²) in [6, 6.07) is 10.1. The lowest BCUT2D eigenvalue weighted by Crippen LogP contribution is -2.24. The monoisotopic (exact) mass is 273 g/mol. The number of aromatic nitrogens is 1. The summed E-state index contributed by atoms with van der Waals surface area (Å²) in [5.74, 6) is 0.950. The van der Waals surface area contributed by atoms with Gasteiger partial charge in [-0.05, 0) is 38.5 Å². The highest BCUT2D eigenvalue weighted by atomic mass is 16.3. The summed E-state index contributed by atoms with van der Waals surface area (Å²) in [6.07, 6.45) is 1.09. The standard InChI is InChI=1S/C16H23N3O/c1-18(2)9-6-10-19(3)16-15-8-5-4-7-13(15)11-14(12-20)17-16/h4-5,7-8,11,20H,6,9-10,12H2,1-3H3. The lowest BCUT2D eigenvalue weighted by Gasteiger charge is -2.21. The summed E-state index contributed by atoms with van der Waals surface area (Å²) < 4.78 is 0. The highest BCUT2D eigenvalue weighted by molar-refractivity contribution is 5.92. The third-order valence-corrected chi connectivity index (χ3v) is 3.40. The Morgan fingerprint density at radius 3 is 2.55 bits per heavy atom. The molecule has 4 nitrogen and oxygen atoms in total. The third kappa shape index (κ3) is 3.46. The fourth-order valence-electron chi connectivity index (χ4n) is 2.34. The van der Waals surface area contributed by atoms with Crippen LogP contribution in [0.1, 0.15) is 12.1 Å². The Kier molecular flexibility index (Phi) is 4.93. The summed E-state index contributed by atoms with van der Waals surface area (Å²) in [7, 11) is 6.23. The maximum atomic E-state index is 9.36. The lowest BCUT2D eigenvalue weighted by atomic mass is 10.1. The molecule has 0 radical (unpaired) electrons. The summed E-state index contributed by atoms with van der Waals surface area (Å²) in [4.78, 5) is 8.94. The Hall–Kier alpha value is -1.65. The SMILES string of the molecule is CN(C)CCCN(C)c1nc(CO)cc2ccccc12. The zero-order valence-corrected chi connectivity index (χ0v) is 12.5. The summed E-state index contributed by atoms with van der Waals surface area (Å²) >= 11 is 0. The first kappa shape index (κ1) is 14.8. The van der Waals surface area contributed by atoms with Gasteiger partial charge in [0.2, 0.25) is 0 Å². The molecule has 0 amide bonds. The molecule has 2 rings (SSSR count). The number of fused-ring (bicyclic) bond motifs is 1. The minimum Gasteiger partial charge on any atom is -0.390 e. The number of aliphatic hydroxyl groups is 1. The van der Waals surface area contributed by atoms with E-state index in [1.54, 1.807) is 0 Å².